The number of fused-ring (bicyclic) bond motifs is 1. The van der Waals surface area contributed by atoms with Crippen molar-refractivity contribution in [3.63, 3.8) is 0 Å². The maximum Gasteiger partial charge on any atom is 0.151 e. The van der Waals surface area contributed by atoms with Gasteiger partial charge >= 0.3 is 0 Å². The Balaban J connectivity index is 1.78. The summed E-state index contributed by atoms with van der Waals surface area (Å²) >= 11 is 3.76. The number of para-hydroxylation sites is 1. The minimum Gasteiger partial charge on any atom is -0.298 e. The van der Waals surface area contributed by atoms with Crippen LogP contribution in [0.25, 0.3) is 10.9 Å². The predicted octanol–water partition coefficient (Wildman–Crippen LogP) is 3.97. The molecule has 2 nitrogen and oxygen atoms in total. The van der Waals surface area contributed by atoms with Crippen LogP contribution in [0, 0.1) is 0 Å². The van der Waals surface area contributed by atoms with Gasteiger partial charge < -0.3 is 0 Å². The van der Waals surface area contributed by atoms with Crippen molar-refractivity contribution < 1.29 is 4.79 Å². The van der Waals surface area contributed by atoms with Crippen LogP contribution in [0.15, 0.2) is 36.5 Å². The van der Waals surface area contributed by atoms with E-state index < -0.39 is 0 Å². The molecular formula is C17H19NOS2. The third kappa shape index (κ3) is 3.27. The zero-order chi connectivity index (χ0) is 14.8. The fourth-order valence-corrected chi connectivity index (χ4v) is 5.45. The Kier molecular flexibility index (Phi) is 4.55. The van der Waals surface area contributed by atoms with Crippen molar-refractivity contribution in [3.05, 3.63) is 42.1 Å². The van der Waals surface area contributed by atoms with Crippen LogP contribution < -0.4 is 0 Å². The maximum absolute atomic E-state index is 12.6. The average Bonchev–Trinajstić information content (AvgIpc) is 2.50. The lowest BCUT2D eigenvalue weighted by Crippen LogP contribution is -2.32. The first kappa shape index (κ1) is 14.9. The van der Waals surface area contributed by atoms with Gasteiger partial charge in [-0.3, -0.25) is 9.78 Å². The van der Waals surface area contributed by atoms with Crippen molar-refractivity contribution in [2.45, 2.75) is 36.0 Å². The standard InChI is InChI=1S/C17H19NOS2/c1-11-12(2)21-17(10-20-11)16(19)9-13-7-8-18-15-6-4-3-5-14(13)15/h3-8,11-12,17H,9-10H2,1-2H3. The van der Waals surface area contributed by atoms with Crippen LogP contribution in [0.3, 0.4) is 0 Å². The molecule has 1 aliphatic rings. The van der Waals surface area contributed by atoms with Crippen LogP contribution in [-0.4, -0.2) is 32.3 Å². The summed E-state index contributed by atoms with van der Waals surface area (Å²) in [6.45, 7) is 4.48. The molecule has 1 aliphatic heterocycles. The molecular weight excluding hydrogens is 298 g/mol. The van der Waals surface area contributed by atoms with E-state index in [1.165, 1.54) is 0 Å². The molecule has 3 unspecified atom stereocenters. The van der Waals surface area contributed by atoms with Crippen molar-refractivity contribution in [2.24, 2.45) is 0 Å². The molecule has 0 saturated carbocycles. The van der Waals surface area contributed by atoms with E-state index in [0.717, 1.165) is 22.2 Å². The second-order valence-corrected chi connectivity index (χ2v) is 8.49. The van der Waals surface area contributed by atoms with E-state index in [1.54, 1.807) is 6.20 Å². The highest BCUT2D eigenvalue weighted by atomic mass is 32.2. The van der Waals surface area contributed by atoms with Crippen LogP contribution in [-0.2, 0) is 11.2 Å². The lowest BCUT2D eigenvalue weighted by molar-refractivity contribution is -0.117. The molecule has 0 N–H and O–H groups in total. The van der Waals surface area contributed by atoms with Gasteiger partial charge in [-0.1, -0.05) is 32.0 Å². The lowest BCUT2D eigenvalue weighted by Gasteiger charge is -2.30. The number of carbonyl (C=O) groups is 1. The summed E-state index contributed by atoms with van der Waals surface area (Å²) < 4.78 is 0. The van der Waals surface area contributed by atoms with Crippen LogP contribution in [0.2, 0.25) is 0 Å². The molecule has 2 heterocycles. The molecule has 0 aliphatic carbocycles. The quantitative estimate of drug-likeness (QED) is 0.857. The number of hydrogen-bond donors (Lipinski definition) is 0. The predicted molar refractivity (Wildman–Crippen MR) is 93.2 cm³/mol. The van der Waals surface area contributed by atoms with E-state index in [9.17, 15) is 4.79 Å². The zero-order valence-corrected chi connectivity index (χ0v) is 13.9. The van der Waals surface area contributed by atoms with Crippen LogP contribution in [0.1, 0.15) is 19.4 Å². The molecule has 1 saturated heterocycles. The number of benzene rings is 1. The third-order valence-corrected chi connectivity index (χ3v) is 7.45. The summed E-state index contributed by atoms with van der Waals surface area (Å²) in [4.78, 5) is 17.0. The molecule has 0 spiro atoms. The molecule has 0 radical (unpaired) electrons. The molecule has 1 aromatic carbocycles. The molecule has 21 heavy (non-hydrogen) atoms. The van der Waals surface area contributed by atoms with Gasteiger partial charge in [0.15, 0.2) is 5.78 Å². The largest absolute Gasteiger partial charge is 0.298 e. The van der Waals surface area contributed by atoms with Gasteiger partial charge in [-0.25, -0.2) is 0 Å². The molecule has 1 fully saturated rings. The summed E-state index contributed by atoms with van der Waals surface area (Å²) in [5, 5.41) is 2.42. The summed E-state index contributed by atoms with van der Waals surface area (Å²) in [6, 6.07) is 10.0. The molecule has 1 aromatic heterocycles. The van der Waals surface area contributed by atoms with E-state index in [0.29, 0.717) is 22.7 Å². The number of pyridine rings is 1. The zero-order valence-electron chi connectivity index (χ0n) is 12.3. The second kappa shape index (κ2) is 6.41. The number of ketones is 1. The normalized spacial score (nSPS) is 25.9. The Morgan fingerprint density at radius 3 is 2.86 bits per heavy atom. The van der Waals surface area contributed by atoms with Gasteiger partial charge in [0.25, 0.3) is 0 Å². The number of Topliss-reactive ketones (excluding diaryl/α,β-unsaturated/α-hetero) is 1. The Morgan fingerprint density at radius 1 is 1.24 bits per heavy atom. The molecule has 110 valence electrons. The number of carbonyl (C=O) groups excluding carboxylic acids is 1. The van der Waals surface area contributed by atoms with Gasteiger partial charge in [0.2, 0.25) is 0 Å². The first-order valence-electron chi connectivity index (χ1n) is 7.27. The fraction of sp³-hybridized carbons (Fsp3) is 0.412. The van der Waals surface area contributed by atoms with Crippen molar-refractivity contribution in [2.75, 3.05) is 5.75 Å². The topological polar surface area (TPSA) is 30.0 Å². The summed E-state index contributed by atoms with van der Waals surface area (Å²) in [5.74, 6) is 1.29. The van der Waals surface area contributed by atoms with Crippen molar-refractivity contribution >= 4 is 40.2 Å². The Morgan fingerprint density at radius 2 is 2.05 bits per heavy atom. The van der Waals surface area contributed by atoms with E-state index in [4.69, 9.17) is 0 Å². The molecule has 0 bridgehead atoms. The summed E-state index contributed by atoms with van der Waals surface area (Å²) in [5.41, 5.74) is 2.07. The Labute approximate surface area is 134 Å². The molecule has 4 heteroatoms. The number of aromatic nitrogens is 1. The molecule has 0 amide bonds. The smallest absolute Gasteiger partial charge is 0.151 e. The van der Waals surface area contributed by atoms with Gasteiger partial charge in [0.05, 0.1) is 10.8 Å². The van der Waals surface area contributed by atoms with Crippen LogP contribution in [0.4, 0.5) is 0 Å². The maximum atomic E-state index is 12.6. The van der Waals surface area contributed by atoms with Gasteiger partial charge in [-0.2, -0.15) is 11.8 Å². The minimum atomic E-state index is 0.133. The number of thioether (sulfide) groups is 2. The van der Waals surface area contributed by atoms with Crippen LogP contribution >= 0.6 is 23.5 Å². The summed E-state index contributed by atoms with van der Waals surface area (Å²) in [7, 11) is 0. The molecule has 3 rings (SSSR count). The van der Waals surface area contributed by atoms with E-state index in [-0.39, 0.29) is 5.25 Å². The molecule has 3 atom stereocenters. The van der Waals surface area contributed by atoms with E-state index in [1.807, 2.05) is 47.8 Å². The first-order valence-corrected chi connectivity index (χ1v) is 9.26. The van der Waals surface area contributed by atoms with E-state index in [2.05, 4.69) is 24.9 Å². The van der Waals surface area contributed by atoms with Gasteiger partial charge in [0.1, 0.15) is 0 Å². The number of nitrogens with zero attached hydrogens (tertiary/aromatic N) is 1. The second-order valence-electron chi connectivity index (χ2n) is 5.50. The summed E-state index contributed by atoms with van der Waals surface area (Å²) in [6.07, 6.45) is 2.32. The minimum absolute atomic E-state index is 0.133. The Hall–Kier alpha value is -1.00. The van der Waals surface area contributed by atoms with Crippen molar-refractivity contribution in [3.8, 4) is 0 Å². The number of rotatable bonds is 3. The van der Waals surface area contributed by atoms with Gasteiger partial charge in [-0.15, -0.1) is 11.8 Å². The Bertz CT molecular complexity index is 653. The number of hydrogen-bond acceptors (Lipinski definition) is 4. The van der Waals surface area contributed by atoms with Crippen molar-refractivity contribution in [1.82, 2.24) is 4.98 Å². The SMILES string of the molecule is CC1SCC(C(=O)Cc2ccnc3ccccc23)SC1C. The van der Waals surface area contributed by atoms with Gasteiger partial charge in [-0.05, 0) is 17.7 Å². The lowest BCUT2D eigenvalue weighted by atomic mass is 10.0. The highest BCUT2D eigenvalue weighted by Crippen LogP contribution is 2.36. The van der Waals surface area contributed by atoms with Gasteiger partial charge in [0, 0.05) is 34.3 Å². The van der Waals surface area contributed by atoms with Crippen LogP contribution in [0.5, 0.6) is 0 Å². The third-order valence-electron chi connectivity index (χ3n) is 4.01. The highest BCUT2D eigenvalue weighted by Gasteiger charge is 2.30. The average molecular weight is 317 g/mol. The van der Waals surface area contributed by atoms with E-state index >= 15 is 0 Å². The monoisotopic (exact) mass is 317 g/mol. The fourth-order valence-electron chi connectivity index (χ4n) is 2.56. The first-order chi connectivity index (χ1) is 10.1. The van der Waals surface area contributed by atoms with Crippen molar-refractivity contribution in [1.29, 1.82) is 0 Å². The molecule has 2 aromatic rings. The highest BCUT2D eigenvalue weighted by molar-refractivity contribution is 8.08.